The quantitative estimate of drug-likeness (QED) is 0.842. The van der Waals surface area contributed by atoms with Crippen molar-refractivity contribution in [2.45, 2.75) is 0 Å². The summed E-state index contributed by atoms with van der Waals surface area (Å²) in [5.74, 6) is -1.16. The molecule has 4 nitrogen and oxygen atoms in total. The van der Waals surface area contributed by atoms with Crippen LogP contribution in [0.4, 0.5) is 9.52 Å². The Bertz CT molecular complexity index is 531. The first kappa shape index (κ1) is 11.0. The van der Waals surface area contributed by atoms with E-state index in [1.807, 2.05) is 0 Å². The second kappa shape index (κ2) is 4.54. The molecule has 0 aliphatic rings. The summed E-state index contributed by atoms with van der Waals surface area (Å²) < 4.78 is 13.2. The Balaban J connectivity index is 2.14. The molecule has 0 aliphatic heterocycles. The fourth-order valence-corrected chi connectivity index (χ4v) is 1.83. The minimum absolute atomic E-state index is 0.179. The first-order valence-corrected chi connectivity index (χ1v) is 5.39. The van der Waals surface area contributed by atoms with Crippen molar-refractivity contribution >= 4 is 34.0 Å². The van der Waals surface area contributed by atoms with Gasteiger partial charge in [0.15, 0.2) is 5.13 Å². The number of pyridine rings is 1. The van der Waals surface area contributed by atoms with Gasteiger partial charge in [-0.05, 0) is 6.07 Å². The summed E-state index contributed by atoms with van der Waals surface area (Å²) in [4.78, 5) is 18.8. The van der Waals surface area contributed by atoms with Crippen molar-refractivity contribution in [3.8, 4) is 0 Å². The van der Waals surface area contributed by atoms with Gasteiger partial charge in [0.05, 0.1) is 6.20 Å². The van der Waals surface area contributed by atoms with Crippen LogP contribution >= 0.6 is 22.9 Å². The molecule has 2 rings (SSSR count). The summed E-state index contributed by atoms with van der Waals surface area (Å²) >= 11 is 6.78. The van der Waals surface area contributed by atoms with Crippen molar-refractivity contribution in [3.63, 3.8) is 0 Å². The van der Waals surface area contributed by atoms with E-state index >= 15 is 0 Å². The average molecular weight is 258 g/mol. The highest BCUT2D eigenvalue weighted by Gasteiger charge is 2.09. The number of rotatable bonds is 2. The van der Waals surface area contributed by atoms with Gasteiger partial charge < -0.3 is 0 Å². The van der Waals surface area contributed by atoms with Crippen molar-refractivity contribution in [2.24, 2.45) is 0 Å². The third-order valence-corrected chi connectivity index (χ3v) is 2.72. The average Bonchev–Trinajstić information content (AvgIpc) is 2.64. The van der Waals surface area contributed by atoms with Crippen LogP contribution in [0.5, 0.6) is 0 Å². The van der Waals surface area contributed by atoms with E-state index in [1.165, 1.54) is 18.5 Å². The number of hydrogen-bond acceptors (Lipinski definition) is 4. The van der Waals surface area contributed by atoms with Crippen LogP contribution in [0.1, 0.15) is 10.4 Å². The number of carbonyl (C=O) groups is 1. The van der Waals surface area contributed by atoms with Crippen LogP contribution < -0.4 is 5.32 Å². The summed E-state index contributed by atoms with van der Waals surface area (Å²) in [7, 11) is 0. The molecule has 82 valence electrons. The Morgan fingerprint density at radius 1 is 1.50 bits per heavy atom. The van der Waals surface area contributed by atoms with Crippen LogP contribution in [0.2, 0.25) is 4.34 Å². The van der Waals surface area contributed by atoms with Gasteiger partial charge in [0, 0.05) is 17.8 Å². The summed E-state index contributed by atoms with van der Waals surface area (Å²) in [5, 5.41) is 2.86. The summed E-state index contributed by atoms with van der Waals surface area (Å²) in [5.41, 5.74) is 0.179. The van der Waals surface area contributed by atoms with Gasteiger partial charge in [0.1, 0.15) is 4.34 Å². The topological polar surface area (TPSA) is 54.9 Å². The van der Waals surface area contributed by atoms with Gasteiger partial charge in [0.25, 0.3) is 5.91 Å². The molecule has 1 N–H and O–H groups in total. The molecular formula is C9H5ClFN3OS. The number of halogens is 2. The Hall–Kier alpha value is -1.53. The van der Waals surface area contributed by atoms with E-state index in [2.05, 4.69) is 15.3 Å². The van der Waals surface area contributed by atoms with Gasteiger partial charge in [-0.2, -0.15) is 4.39 Å². The minimum atomic E-state index is -0.704. The first-order chi connectivity index (χ1) is 7.65. The zero-order valence-corrected chi connectivity index (χ0v) is 9.35. The highest BCUT2D eigenvalue weighted by atomic mass is 35.5. The number of amides is 1. The van der Waals surface area contributed by atoms with Crippen molar-refractivity contribution < 1.29 is 9.18 Å². The lowest BCUT2D eigenvalue weighted by Gasteiger charge is -2.00. The van der Waals surface area contributed by atoms with Crippen LogP contribution in [0.25, 0.3) is 0 Å². The second-order valence-corrected chi connectivity index (χ2v) is 4.45. The number of nitrogens with one attached hydrogen (secondary N) is 1. The number of anilines is 1. The maximum absolute atomic E-state index is 12.7. The maximum Gasteiger partial charge on any atom is 0.257 e. The summed E-state index contributed by atoms with van der Waals surface area (Å²) in [6.07, 6.45) is 2.65. The number of thiazole rings is 1. The molecule has 0 spiro atoms. The first-order valence-electron chi connectivity index (χ1n) is 4.19. The molecule has 0 radical (unpaired) electrons. The zero-order valence-electron chi connectivity index (χ0n) is 7.78. The second-order valence-electron chi connectivity index (χ2n) is 2.79. The monoisotopic (exact) mass is 257 g/mol. The lowest BCUT2D eigenvalue weighted by molar-refractivity contribution is 0.102. The molecule has 0 bridgehead atoms. The van der Waals surface area contributed by atoms with Crippen LogP contribution in [-0.2, 0) is 0 Å². The molecule has 0 atom stereocenters. The molecule has 2 heterocycles. The predicted molar refractivity (Wildman–Crippen MR) is 59.3 cm³/mol. The molecule has 2 aromatic heterocycles. The molecule has 1 amide bonds. The van der Waals surface area contributed by atoms with Crippen LogP contribution in [0.3, 0.4) is 0 Å². The van der Waals surface area contributed by atoms with Crippen molar-refractivity contribution in [3.05, 3.63) is 40.4 Å². The predicted octanol–water partition coefficient (Wildman–Crippen LogP) is 2.58. The minimum Gasteiger partial charge on any atom is -0.298 e. The van der Waals surface area contributed by atoms with Crippen molar-refractivity contribution in [2.75, 3.05) is 5.32 Å². The largest absolute Gasteiger partial charge is 0.298 e. The molecule has 7 heteroatoms. The SMILES string of the molecule is O=C(Nc1ncc(Cl)s1)c1ccnc(F)c1. The third kappa shape index (κ3) is 2.53. The summed E-state index contributed by atoms with van der Waals surface area (Å²) in [6, 6.07) is 2.46. The maximum atomic E-state index is 12.7. The van der Waals surface area contributed by atoms with E-state index in [-0.39, 0.29) is 5.56 Å². The van der Waals surface area contributed by atoms with E-state index in [0.29, 0.717) is 9.47 Å². The Morgan fingerprint density at radius 3 is 2.94 bits per heavy atom. The number of carbonyl (C=O) groups excluding carboxylic acids is 1. The highest BCUT2D eigenvalue weighted by molar-refractivity contribution is 7.19. The Kier molecular flexibility index (Phi) is 3.12. The molecule has 0 saturated heterocycles. The van der Waals surface area contributed by atoms with E-state index < -0.39 is 11.9 Å². The Morgan fingerprint density at radius 2 is 2.31 bits per heavy atom. The van der Waals surface area contributed by atoms with E-state index in [1.54, 1.807) is 0 Å². The highest BCUT2D eigenvalue weighted by Crippen LogP contribution is 2.22. The van der Waals surface area contributed by atoms with E-state index in [4.69, 9.17) is 11.6 Å². The standard InChI is InChI=1S/C9H5ClFN3OS/c10-6-4-13-9(16-6)14-8(15)5-1-2-12-7(11)3-5/h1-4H,(H,13,14,15). The van der Waals surface area contributed by atoms with Crippen LogP contribution in [0, 0.1) is 5.95 Å². The zero-order chi connectivity index (χ0) is 11.5. The Labute approximate surface area is 99.1 Å². The molecular weight excluding hydrogens is 253 g/mol. The third-order valence-electron chi connectivity index (χ3n) is 1.69. The molecule has 0 unspecified atom stereocenters. The number of hydrogen-bond donors (Lipinski definition) is 1. The van der Waals surface area contributed by atoms with Gasteiger partial charge in [0.2, 0.25) is 5.95 Å². The molecule has 16 heavy (non-hydrogen) atoms. The van der Waals surface area contributed by atoms with Gasteiger partial charge in [-0.3, -0.25) is 10.1 Å². The van der Waals surface area contributed by atoms with E-state index in [9.17, 15) is 9.18 Å². The normalized spacial score (nSPS) is 10.1. The summed E-state index contributed by atoms with van der Waals surface area (Å²) in [6.45, 7) is 0. The van der Waals surface area contributed by atoms with Gasteiger partial charge in [-0.15, -0.1) is 0 Å². The van der Waals surface area contributed by atoms with Crippen LogP contribution in [-0.4, -0.2) is 15.9 Å². The molecule has 0 fully saturated rings. The van der Waals surface area contributed by atoms with Crippen molar-refractivity contribution in [1.29, 1.82) is 0 Å². The van der Waals surface area contributed by atoms with Gasteiger partial charge >= 0.3 is 0 Å². The number of nitrogens with zero attached hydrogens (tertiary/aromatic N) is 2. The van der Waals surface area contributed by atoms with Crippen molar-refractivity contribution in [1.82, 2.24) is 9.97 Å². The lowest BCUT2D eigenvalue weighted by Crippen LogP contribution is -2.12. The molecule has 2 aromatic rings. The lowest BCUT2D eigenvalue weighted by atomic mass is 10.2. The fourth-order valence-electron chi connectivity index (χ4n) is 1.03. The molecule has 0 aliphatic carbocycles. The van der Waals surface area contributed by atoms with Gasteiger partial charge in [-0.1, -0.05) is 22.9 Å². The molecule has 0 saturated carbocycles. The number of aromatic nitrogens is 2. The van der Waals surface area contributed by atoms with Crippen LogP contribution in [0.15, 0.2) is 24.5 Å². The van der Waals surface area contributed by atoms with Gasteiger partial charge in [-0.25, -0.2) is 9.97 Å². The fraction of sp³-hybridized carbons (Fsp3) is 0. The molecule has 0 aromatic carbocycles. The smallest absolute Gasteiger partial charge is 0.257 e. The van der Waals surface area contributed by atoms with E-state index in [0.717, 1.165) is 17.4 Å².